The van der Waals surface area contributed by atoms with Crippen molar-refractivity contribution < 1.29 is 18.7 Å². The molecule has 2 N–H and O–H groups in total. The molecule has 0 aliphatic carbocycles. The summed E-state index contributed by atoms with van der Waals surface area (Å²) < 4.78 is 18.0. The second-order valence-corrected chi connectivity index (χ2v) is 4.37. The first kappa shape index (κ1) is 14.3. The number of hydrogen-bond acceptors (Lipinski definition) is 3. The molecule has 7 heteroatoms. The van der Waals surface area contributed by atoms with Crippen LogP contribution in [0.25, 0.3) is 0 Å². The normalized spacial score (nSPS) is 18.4. The Balaban J connectivity index is 2.53. The van der Waals surface area contributed by atoms with Gasteiger partial charge in [0.25, 0.3) is 0 Å². The Labute approximate surface area is 119 Å². The van der Waals surface area contributed by atoms with Gasteiger partial charge in [-0.25, -0.2) is 14.0 Å². The average Bonchev–Trinajstić information content (AvgIpc) is 2.45. The zero-order chi connectivity index (χ0) is 14.7. The van der Waals surface area contributed by atoms with Crippen molar-refractivity contribution in [3.05, 3.63) is 46.9 Å². The molecule has 2 rings (SSSR count). The van der Waals surface area contributed by atoms with Gasteiger partial charge in [-0.1, -0.05) is 12.1 Å². The summed E-state index contributed by atoms with van der Waals surface area (Å²) >= 11 is 5.74. The highest BCUT2D eigenvalue weighted by atomic mass is 35.5. The van der Waals surface area contributed by atoms with Crippen LogP contribution in [0.1, 0.15) is 11.6 Å². The highest BCUT2D eigenvalue weighted by Gasteiger charge is 2.33. The zero-order valence-corrected chi connectivity index (χ0v) is 11.3. The molecule has 0 spiro atoms. The van der Waals surface area contributed by atoms with E-state index in [1.54, 1.807) is 6.07 Å². The number of ether oxygens (including phenoxy) is 1. The number of carbonyl (C=O) groups excluding carboxylic acids is 2. The number of esters is 1. The van der Waals surface area contributed by atoms with Crippen LogP contribution in [0, 0.1) is 5.82 Å². The molecule has 0 bridgehead atoms. The lowest BCUT2D eigenvalue weighted by Crippen LogP contribution is -2.46. The van der Waals surface area contributed by atoms with E-state index < -0.39 is 23.9 Å². The molecule has 20 heavy (non-hydrogen) atoms. The summed E-state index contributed by atoms with van der Waals surface area (Å²) in [5.74, 6) is -1.17. The lowest BCUT2D eigenvalue weighted by molar-refractivity contribution is -0.136. The first-order valence-corrected chi connectivity index (χ1v) is 6.30. The topological polar surface area (TPSA) is 67.4 Å². The smallest absolute Gasteiger partial charge is 0.338 e. The van der Waals surface area contributed by atoms with Crippen molar-refractivity contribution in [2.75, 3.05) is 13.0 Å². The summed E-state index contributed by atoms with van der Waals surface area (Å²) in [7, 11) is 1.22. The van der Waals surface area contributed by atoms with E-state index in [1.165, 1.54) is 25.3 Å². The second-order valence-electron chi connectivity index (χ2n) is 4.10. The Kier molecular flexibility index (Phi) is 4.24. The van der Waals surface area contributed by atoms with Crippen LogP contribution in [0.15, 0.2) is 35.5 Å². The van der Waals surface area contributed by atoms with Gasteiger partial charge in [0.2, 0.25) is 0 Å². The van der Waals surface area contributed by atoms with E-state index in [0.717, 1.165) is 0 Å². The van der Waals surface area contributed by atoms with Crippen LogP contribution >= 0.6 is 11.6 Å². The maximum Gasteiger partial charge on any atom is 0.338 e. The monoisotopic (exact) mass is 298 g/mol. The van der Waals surface area contributed by atoms with E-state index in [-0.39, 0.29) is 17.2 Å². The van der Waals surface area contributed by atoms with Gasteiger partial charge in [-0.05, 0) is 17.7 Å². The van der Waals surface area contributed by atoms with Crippen molar-refractivity contribution in [3.63, 3.8) is 0 Å². The first-order chi connectivity index (χ1) is 9.56. The van der Waals surface area contributed by atoms with Gasteiger partial charge in [0.15, 0.2) is 0 Å². The molecular weight excluding hydrogens is 287 g/mol. The number of amides is 2. The maximum atomic E-state index is 13.3. The summed E-state index contributed by atoms with van der Waals surface area (Å²) in [5, 5.41) is 5.00. The van der Waals surface area contributed by atoms with Gasteiger partial charge in [-0.2, -0.15) is 0 Å². The number of carbonyl (C=O) groups is 2. The highest BCUT2D eigenvalue weighted by Crippen LogP contribution is 2.28. The van der Waals surface area contributed by atoms with E-state index in [9.17, 15) is 14.0 Å². The van der Waals surface area contributed by atoms with Crippen molar-refractivity contribution in [2.45, 2.75) is 6.04 Å². The maximum absolute atomic E-state index is 13.3. The summed E-state index contributed by atoms with van der Waals surface area (Å²) in [6, 6.07) is 4.30. The highest BCUT2D eigenvalue weighted by molar-refractivity contribution is 6.20. The number of allylic oxidation sites excluding steroid dienone is 1. The van der Waals surface area contributed by atoms with Crippen LogP contribution in [0.4, 0.5) is 9.18 Å². The molecule has 1 heterocycles. The molecule has 0 unspecified atom stereocenters. The fraction of sp³-hybridized carbons (Fsp3) is 0.231. The van der Waals surface area contributed by atoms with Crippen molar-refractivity contribution >= 4 is 23.6 Å². The van der Waals surface area contributed by atoms with Gasteiger partial charge in [0.05, 0.1) is 24.6 Å². The molecule has 1 aliphatic rings. The fourth-order valence-electron chi connectivity index (χ4n) is 2.01. The molecule has 0 fully saturated rings. The Morgan fingerprint density at radius 3 is 2.85 bits per heavy atom. The lowest BCUT2D eigenvalue weighted by Gasteiger charge is -2.28. The van der Waals surface area contributed by atoms with Crippen LogP contribution in [-0.4, -0.2) is 25.0 Å². The zero-order valence-electron chi connectivity index (χ0n) is 10.6. The van der Waals surface area contributed by atoms with Crippen LogP contribution < -0.4 is 10.6 Å². The number of nitrogens with one attached hydrogen (secondary N) is 2. The number of halogens is 2. The van der Waals surface area contributed by atoms with E-state index in [2.05, 4.69) is 10.6 Å². The van der Waals surface area contributed by atoms with Gasteiger partial charge in [-0.3, -0.25) is 0 Å². The van der Waals surface area contributed by atoms with Gasteiger partial charge < -0.3 is 15.4 Å². The number of alkyl halides is 1. The Bertz CT molecular complexity index is 589. The third kappa shape index (κ3) is 2.75. The molecule has 0 radical (unpaired) electrons. The van der Waals surface area contributed by atoms with Gasteiger partial charge in [0, 0.05) is 5.70 Å². The van der Waals surface area contributed by atoms with E-state index >= 15 is 0 Å². The predicted molar refractivity (Wildman–Crippen MR) is 70.6 cm³/mol. The Morgan fingerprint density at radius 1 is 1.50 bits per heavy atom. The third-order valence-corrected chi connectivity index (χ3v) is 3.14. The first-order valence-electron chi connectivity index (χ1n) is 5.77. The van der Waals surface area contributed by atoms with Crippen molar-refractivity contribution in [3.8, 4) is 0 Å². The van der Waals surface area contributed by atoms with Crippen LogP contribution in [0.5, 0.6) is 0 Å². The molecule has 2 amide bonds. The molecule has 1 aliphatic heterocycles. The van der Waals surface area contributed by atoms with E-state index in [0.29, 0.717) is 5.56 Å². The van der Waals surface area contributed by atoms with Crippen molar-refractivity contribution in [1.29, 1.82) is 0 Å². The van der Waals surface area contributed by atoms with Crippen LogP contribution in [0.2, 0.25) is 0 Å². The molecule has 106 valence electrons. The quantitative estimate of drug-likeness (QED) is 0.661. The second kappa shape index (κ2) is 5.92. The van der Waals surface area contributed by atoms with Crippen molar-refractivity contribution in [2.24, 2.45) is 0 Å². The molecule has 1 aromatic rings. The van der Waals surface area contributed by atoms with E-state index in [1.807, 2.05) is 0 Å². The molecule has 1 aromatic carbocycles. The Morgan fingerprint density at radius 2 is 2.25 bits per heavy atom. The summed E-state index contributed by atoms with van der Waals surface area (Å²) in [5.41, 5.74) is 0.840. The molecular formula is C13H12ClFN2O3. The predicted octanol–water partition coefficient (Wildman–Crippen LogP) is 1.85. The third-order valence-electron chi connectivity index (χ3n) is 2.87. The SMILES string of the molecule is COC(=O)C1=C(CCl)NC(=O)N[C@@H]1c1cccc(F)c1. The average molecular weight is 299 g/mol. The summed E-state index contributed by atoms with van der Waals surface area (Å²) in [6.07, 6.45) is 0. The van der Waals surface area contributed by atoms with Gasteiger partial charge in [-0.15, -0.1) is 11.6 Å². The Hall–Kier alpha value is -2.08. The number of methoxy groups -OCH3 is 1. The molecule has 1 atom stereocenters. The van der Waals surface area contributed by atoms with Crippen LogP contribution in [0.3, 0.4) is 0 Å². The molecule has 0 saturated carbocycles. The fourth-order valence-corrected chi connectivity index (χ4v) is 2.22. The number of benzene rings is 1. The molecule has 0 saturated heterocycles. The van der Waals surface area contributed by atoms with Gasteiger partial charge in [0.1, 0.15) is 5.82 Å². The number of rotatable bonds is 3. The summed E-state index contributed by atoms with van der Waals surface area (Å²) in [4.78, 5) is 23.5. The van der Waals surface area contributed by atoms with Crippen molar-refractivity contribution in [1.82, 2.24) is 10.6 Å². The minimum absolute atomic E-state index is 0.0658. The summed E-state index contributed by atoms with van der Waals surface area (Å²) in [6.45, 7) is 0. The number of urea groups is 1. The van der Waals surface area contributed by atoms with Gasteiger partial charge >= 0.3 is 12.0 Å². The standard InChI is InChI=1S/C13H12ClFN2O3/c1-20-12(18)10-9(6-14)16-13(19)17-11(10)7-3-2-4-8(15)5-7/h2-5,11H,6H2,1H3,(H2,16,17,19)/t11-/m1/s1. The molecule has 0 aromatic heterocycles. The molecule has 5 nitrogen and oxygen atoms in total. The van der Waals surface area contributed by atoms with E-state index in [4.69, 9.17) is 16.3 Å². The minimum atomic E-state index is -0.805. The lowest BCUT2D eigenvalue weighted by atomic mass is 9.95. The van der Waals surface area contributed by atoms with Crippen LogP contribution in [-0.2, 0) is 9.53 Å². The minimum Gasteiger partial charge on any atom is -0.466 e. The number of hydrogen-bond donors (Lipinski definition) is 2. The largest absolute Gasteiger partial charge is 0.466 e.